The summed E-state index contributed by atoms with van der Waals surface area (Å²) in [6, 6.07) is 10.3. The van der Waals surface area contributed by atoms with Crippen molar-refractivity contribution in [2.45, 2.75) is 20.4 Å². The first-order valence-corrected chi connectivity index (χ1v) is 5.84. The van der Waals surface area contributed by atoms with E-state index in [9.17, 15) is 4.39 Å². The zero-order valence-corrected chi connectivity index (χ0v) is 10.5. The summed E-state index contributed by atoms with van der Waals surface area (Å²) in [6.45, 7) is 4.21. The highest BCUT2D eigenvalue weighted by Crippen LogP contribution is 2.30. The van der Waals surface area contributed by atoms with Crippen LogP contribution in [0.2, 0.25) is 0 Å². The molecule has 0 radical (unpaired) electrons. The van der Waals surface area contributed by atoms with Crippen molar-refractivity contribution in [2.75, 3.05) is 0 Å². The van der Waals surface area contributed by atoms with Gasteiger partial charge in [-0.3, -0.25) is 0 Å². The van der Waals surface area contributed by atoms with E-state index in [0.717, 1.165) is 16.9 Å². The van der Waals surface area contributed by atoms with E-state index in [4.69, 9.17) is 10.5 Å². The van der Waals surface area contributed by atoms with E-state index in [0.29, 0.717) is 11.3 Å². The number of nitrogens with two attached hydrogens (primary N) is 1. The second-order valence-corrected chi connectivity index (χ2v) is 4.28. The molecule has 2 rings (SSSR count). The maximum atomic E-state index is 13.1. The molecular weight excluding hydrogens is 229 g/mol. The van der Waals surface area contributed by atoms with Gasteiger partial charge in [0.25, 0.3) is 0 Å². The molecule has 0 bridgehead atoms. The summed E-state index contributed by atoms with van der Waals surface area (Å²) in [5, 5.41) is 0. The average Bonchev–Trinajstić information content (AvgIpc) is 2.35. The molecule has 2 aromatic carbocycles. The van der Waals surface area contributed by atoms with Gasteiger partial charge < -0.3 is 10.5 Å². The molecule has 0 fully saturated rings. The first-order valence-electron chi connectivity index (χ1n) is 5.84. The number of hydrogen-bond donors (Lipinski definition) is 1. The molecule has 0 aliphatic carbocycles. The molecule has 0 atom stereocenters. The largest absolute Gasteiger partial charge is 0.456 e. The number of rotatable bonds is 3. The van der Waals surface area contributed by atoms with Gasteiger partial charge in [0.05, 0.1) is 0 Å². The summed E-state index contributed by atoms with van der Waals surface area (Å²) in [4.78, 5) is 0. The molecule has 18 heavy (non-hydrogen) atoms. The normalized spacial score (nSPS) is 10.4. The Morgan fingerprint density at radius 2 is 1.78 bits per heavy atom. The van der Waals surface area contributed by atoms with Crippen LogP contribution in [0.4, 0.5) is 4.39 Å². The van der Waals surface area contributed by atoms with Gasteiger partial charge in [0.15, 0.2) is 0 Å². The van der Waals surface area contributed by atoms with Crippen molar-refractivity contribution in [3.05, 3.63) is 58.9 Å². The molecule has 0 saturated heterocycles. The number of benzene rings is 2. The third kappa shape index (κ3) is 2.51. The van der Waals surface area contributed by atoms with E-state index in [2.05, 4.69) is 0 Å². The standard InChI is InChI=1S/C15H16FNO/c1-10-4-3-5-11(2)15(10)18-14-7-6-13(16)8-12(14)9-17/h3-8H,9,17H2,1-2H3. The lowest BCUT2D eigenvalue weighted by Gasteiger charge is -2.14. The van der Waals surface area contributed by atoms with Gasteiger partial charge in [-0.1, -0.05) is 18.2 Å². The minimum Gasteiger partial charge on any atom is -0.456 e. The molecule has 2 nitrogen and oxygen atoms in total. The van der Waals surface area contributed by atoms with E-state index in [1.54, 1.807) is 6.07 Å². The fraction of sp³-hybridized carbons (Fsp3) is 0.200. The van der Waals surface area contributed by atoms with Crippen LogP contribution in [0.5, 0.6) is 11.5 Å². The summed E-state index contributed by atoms with van der Waals surface area (Å²) in [5.41, 5.74) is 8.35. The van der Waals surface area contributed by atoms with Gasteiger partial charge in [0.2, 0.25) is 0 Å². The Balaban J connectivity index is 2.40. The molecule has 0 aliphatic rings. The van der Waals surface area contributed by atoms with Crippen LogP contribution in [0, 0.1) is 19.7 Å². The van der Waals surface area contributed by atoms with Crippen molar-refractivity contribution in [2.24, 2.45) is 5.73 Å². The maximum Gasteiger partial charge on any atom is 0.133 e. The molecule has 0 heterocycles. The highest BCUT2D eigenvalue weighted by atomic mass is 19.1. The second-order valence-electron chi connectivity index (χ2n) is 4.28. The fourth-order valence-corrected chi connectivity index (χ4v) is 1.88. The summed E-state index contributed by atoms with van der Waals surface area (Å²) < 4.78 is 19.0. The molecule has 2 aromatic rings. The van der Waals surface area contributed by atoms with Crippen LogP contribution >= 0.6 is 0 Å². The molecule has 94 valence electrons. The van der Waals surface area contributed by atoms with Crippen molar-refractivity contribution in [3.63, 3.8) is 0 Å². The molecule has 0 spiro atoms. The van der Waals surface area contributed by atoms with Gasteiger partial charge in [0.1, 0.15) is 17.3 Å². The zero-order chi connectivity index (χ0) is 13.1. The topological polar surface area (TPSA) is 35.2 Å². The third-order valence-electron chi connectivity index (χ3n) is 2.86. The number of aryl methyl sites for hydroxylation is 2. The summed E-state index contributed by atoms with van der Waals surface area (Å²) in [7, 11) is 0. The lowest BCUT2D eigenvalue weighted by atomic mass is 10.1. The van der Waals surface area contributed by atoms with Crippen molar-refractivity contribution in [1.82, 2.24) is 0 Å². The van der Waals surface area contributed by atoms with Crippen LogP contribution in [-0.4, -0.2) is 0 Å². The van der Waals surface area contributed by atoms with Crippen molar-refractivity contribution >= 4 is 0 Å². The van der Waals surface area contributed by atoms with Gasteiger partial charge >= 0.3 is 0 Å². The molecule has 3 heteroatoms. The molecular formula is C15H16FNO. The Morgan fingerprint density at radius 1 is 1.11 bits per heavy atom. The minimum absolute atomic E-state index is 0.248. The second kappa shape index (κ2) is 5.19. The van der Waals surface area contributed by atoms with E-state index >= 15 is 0 Å². The number of para-hydroxylation sites is 1. The zero-order valence-electron chi connectivity index (χ0n) is 10.5. The van der Waals surface area contributed by atoms with Crippen LogP contribution in [0.1, 0.15) is 16.7 Å². The Kier molecular flexibility index (Phi) is 3.63. The highest BCUT2D eigenvalue weighted by Gasteiger charge is 2.09. The lowest BCUT2D eigenvalue weighted by molar-refractivity contribution is 0.467. The first-order chi connectivity index (χ1) is 8.61. The predicted octanol–water partition coefficient (Wildman–Crippen LogP) is 3.69. The number of hydrogen-bond acceptors (Lipinski definition) is 2. The monoisotopic (exact) mass is 245 g/mol. The SMILES string of the molecule is Cc1cccc(C)c1Oc1ccc(F)cc1CN. The smallest absolute Gasteiger partial charge is 0.133 e. The summed E-state index contributed by atoms with van der Waals surface area (Å²) in [5.74, 6) is 1.11. The Bertz CT molecular complexity index is 546. The van der Waals surface area contributed by atoms with Crippen LogP contribution < -0.4 is 10.5 Å². The van der Waals surface area contributed by atoms with Gasteiger partial charge in [0, 0.05) is 12.1 Å². The van der Waals surface area contributed by atoms with Crippen molar-refractivity contribution in [3.8, 4) is 11.5 Å². The number of halogens is 1. The Labute approximate surface area is 106 Å². The average molecular weight is 245 g/mol. The van der Waals surface area contributed by atoms with Gasteiger partial charge in [-0.25, -0.2) is 4.39 Å². The van der Waals surface area contributed by atoms with E-state index in [1.807, 2.05) is 32.0 Å². The molecule has 0 unspecified atom stereocenters. The molecule has 0 aromatic heterocycles. The van der Waals surface area contributed by atoms with E-state index in [-0.39, 0.29) is 12.4 Å². The summed E-state index contributed by atoms with van der Waals surface area (Å²) in [6.07, 6.45) is 0. The number of ether oxygens (including phenoxy) is 1. The van der Waals surface area contributed by atoms with Crippen LogP contribution in [-0.2, 0) is 6.54 Å². The Morgan fingerprint density at radius 3 is 2.39 bits per heavy atom. The molecule has 0 saturated carbocycles. The molecule has 0 amide bonds. The minimum atomic E-state index is -0.302. The van der Waals surface area contributed by atoms with Crippen LogP contribution in [0.15, 0.2) is 36.4 Å². The van der Waals surface area contributed by atoms with Crippen molar-refractivity contribution in [1.29, 1.82) is 0 Å². The molecule has 2 N–H and O–H groups in total. The van der Waals surface area contributed by atoms with E-state index in [1.165, 1.54) is 12.1 Å². The third-order valence-corrected chi connectivity index (χ3v) is 2.86. The van der Waals surface area contributed by atoms with Crippen molar-refractivity contribution < 1.29 is 9.13 Å². The van der Waals surface area contributed by atoms with Gasteiger partial charge in [-0.15, -0.1) is 0 Å². The fourth-order valence-electron chi connectivity index (χ4n) is 1.88. The predicted molar refractivity (Wildman–Crippen MR) is 70.3 cm³/mol. The highest BCUT2D eigenvalue weighted by molar-refractivity contribution is 5.45. The lowest BCUT2D eigenvalue weighted by Crippen LogP contribution is -2.01. The molecule has 0 aliphatic heterocycles. The maximum absolute atomic E-state index is 13.1. The van der Waals surface area contributed by atoms with Crippen LogP contribution in [0.3, 0.4) is 0 Å². The van der Waals surface area contributed by atoms with Gasteiger partial charge in [-0.2, -0.15) is 0 Å². The van der Waals surface area contributed by atoms with Gasteiger partial charge in [-0.05, 0) is 43.2 Å². The summed E-state index contributed by atoms with van der Waals surface area (Å²) >= 11 is 0. The Hall–Kier alpha value is -1.87. The quantitative estimate of drug-likeness (QED) is 0.895. The van der Waals surface area contributed by atoms with E-state index < -0.39 is 0 Å². The first kappa shape index (κ1) is 12.6. The van der Waals surface area contributed by atoms with Crippen LogP contribution in [0.25, 0.3) is 0 Å².